The van der Waals surface area contributed by atoms with Gasteiger partial charge in [-0.3, -0.25) is 9.48 Å². The zero-order chi connectivity index (χ0) is 19.3. The number of carbonyl (C=O) groups is 1. The van der Waals surface area contributed by atoms with Crippen molar-refractivity contribution in [2.24, 2.45) is 0 Å². The second-order valence-electron chi connectivity index (χ2n) is 6.96. The quantitative estimate of drug-likeness (QED) is 0.648. The number of piperidine rings is 1. The van der Waals surface area contributed by atoms with Gasteiger partial charge in [0.1, 0.15) is 11.9 Å². The van der Waals surface area contributed by atoms with Crippen LogP contribution in [0, 0.1) is 0 Å². The molecular formula is C22H22ClN3O2. The van der Waals surface area contributed by atoms with Crippen LogP contribution in [-0.2, 0) is 6.54 Å². The van der Waals surface area contributed by atoms with Crippen molar-refractivity contribution < 1.29 is 9.53 Å². The summed E-state index contributed by atoms with van der Waals surface area (Å²) in [6, 6.07) is 17.1. The first-order valence-corrected chi connectivity index (χ1v) is 9.83. The molecule has 0 radical (unpaired) electrons. The van der Waals surface area contributed by atoms with Gasteiger partial charge in [0.15, 0.2) is 0 Å². The van der Waals surface area contributed by atoms with Gasteiger partial charge in [-0.2, -0.15) is 5.10 Å². The highest BCUT2D eigenvalue weighted by molar-refractivity contribution is 6.30. The summed E-state index contributed by atoms with van der Waals surface area (Å²) < 4.78 is 7.87. The lowest BCUT2D eigenvalue weighted by Gasteiger charge is -2.32. The van der Waals surface area contributed by atoms with Crippen LogP contribution in [0.3, 0.4) is 0 Å². The fraction of sp³-hybridized carbons (Fsp3) is 0.273. The second-order valence-corrected chi connectivity index (χ2v) is 7.40. The molecule has 28 heavy (non-hydrogen) atoms. The molecule has 1 saturated heterocycles. The van der Waals surface area contributed by atoms with E-state index in [1.807, 2.05) is 70.4 Å². The van der Waals surface area contributed by atoms with Crippen LogP contribution in [0.1, 0.15) is 28.8 Å². The van der Waals surface area contributed by atoms with Crippen molar-refractivity contribution in [2.45, 2.75) is 25.5 Å². The topological polar surface area (TPSA) is 47.4 Å². The van der Waals surface area contributed by atoms with Crippen LogP contribution >= 0.6 is 11.6 Å². The molecule has 5 nitrogen and oxygen atoms in total. The standard InChI is InChI=1S/C22H22ClN3O2/c23-19-6-8-20(9-7-19)28-21-10-14-25(15-11-21)22(27)18-4-2-17(3-5-18)16-26-13-1-12-24-26/h1-9,12-13,21H,10-11,14-16H2. The van der Waals surface area contributed by atoms with E-state index in [4.69, 9.17) is 16.3 Å². The SMILES string of the molecule is O=C(c1ccc(Cn2cccn2)cc1)N1CCC(Oc2ccc(Cl)cc2)CC1. The molecule has 1 fully saturated rings. The highest BCUT2D eigenvalue weighted by atomic mass is 35.5. The van der Waals surface area contributed by atoms with E-state index in [2.05, 4.69) is 5.10 Å². The minimum Gasteiger partial charge on any atom is -0.490 e. The summed E-state index contributed by atoms with van der Waals surface area (Å²) in [5, 5.41) is 4.90. The Morgan fingerprint density at radius 2 is 1.79 bits per heavy atom. The molecule has 2 aromatic carbocycles. The Morgan fingerprint density at radius 3 is 2.43 bits per heavy atom. The number of halogens is 1. The lowest BCUT2D eigenvalue weighted by molar-refractivity contribution is 0.0595. The summed E-state index contributed by atoms with van der Waals surface area (Å²) in [6.45, 7) is 2.10. The molecule has 1 aliphatic rings. The van der Waals surface area contributed by atoms with Crippen molar-refractivity contribution in [1.29, 1.82) is 0 Å². The zero-order valence-electron chi connectivity index (χ0n) is 15.5. The number of hydrogen-bond donors (Lipinski definition) is 0. The fourth-order valence-electron chi connectivity index (χ4n) is 3.40. The van der Waals surface area contributed by atoms with Crippen molar-refractivity contribution in [3.8, 4) is 5.75 Å². The van der Waals surface area contributed by atoms with Crippen molar-refractivity contribution >= 4 is 17.5 Å². The maximum atomic E-state index is 12.8. The molecule has 0 saturated carbocycles. The van der Waals surface area contributed by atoms with Gasteiger partial charge in [-0.1, -0.05) is 23.7 Å². The molecule has 144 valence electrons. The molecular weight excluding hydrogens is 374 g/mol. The number of aromatic nitrogens is 2. The minimum atomic E-state index is 0.0792. The van der Waals surface area contributed by atoms with Gasteiger partial charge in [0.2, 0.25) is 0 Å². The van der Waals surface area contributed by atoms with E-state index in [0.717, 1.165) is 29.7 Å². The van der Waals surface area contributed by atoms with E-state index >= 15 is 0 Å². The Balaban J connectivity index is 1.30. The summed E-state index contributed by atoms with van der Waals surface area (Å²) in [5.41, 5.74) is 1.84. The first-order valence-electron chi connectivity index (χ1n) is 9.45. The number of amides is 1. The van der Waals surface area contributed by atoms with Gasteiger partial charge < -0.3 is 9.64 Å². The highest BCUT2D eigenvalue weighted by Gasteiger charge is 2.24. The van der Waals surface area contributed by atoms with Crippen molar-refractivity contribution in [2.75, 3.05) is 13.1 Å². The van der Waals surface area contributed by atoms with Gasteiger partial charge in [0.25, 0.3) is 5.91 Å². The maximum absolute atomic E-state index is 12.8. The number of ether oxygens (including phenoxy) is 1. The Labute approximate surface area is 169 Å². The number of carbonyl (C=O) groups excluding carboxylic acids is 1. The van der Waals surface area contributed by atoms with Crippen LogP contribution in [0.2, 0.25) is 5.02 Å². The van der Waals surface area contributed by atoms with Gasteiger partial charge >= 0.3 is 0 Å². The summed E-state index contributed by atoms with van der Waals surface area (Å²) in [6.07, 6.45) is 5.46. The molecule has 0 spiro atoms. The molecule has 1 aromatic heterocycles. The summed E-state index contributed by atoms with van der Waals surface area (Å²) in [4.78, 5) is 14.7. The van der Waals surface area contributed by atoms with E-state index in [0.29, 0.717) is 24.7 Å². The molecule has 0 bridgehead atoms. The zero-order valence-corrected chi connectivity index (χ0v) is 16.3. The molecule has 0 N–H and O–H groups in total. The Bertz CT molecular complexity index is 900. The second kappa shape index (κ2) is 8.48. The third-order valence-corrected chi connectivity index (χ3v) is 5.20. The average molecular weight is 396 g/mol. The van der Waals surface area contributed by atoms with Crippen LogP contribution < -0.4 is 4.74 Å². The third kappa shape index (κ3) is 4.54. The Hall–Kier alpha value is -2.79. The summed E-state index contributed by atoms with van der Waals surface area (Å²) >= 11 is 5.91. The van der Waals surface area contributed by atoms with E-state index in [1.165, 1.54) is 0 Å². The van der Waals surface area contributed by atoms with Gasteiger partial charge in [-0.05, 0) is 48.0 Å². The largest absolute Gasteiger partial charge is 0.490 e. The van der Waals surface area contributed by atoms with Crippen LogP contribution in [0.25, 0.3) is 0 Å². The average Bonchev–Trinajstić information content (AvgIpc) is 3.23. The number of benzene rings is 2. The Morgan fingerprint density at radius 1 is 1.07 bits per heavy atom. The summed E-state index contributed by atoms with van der Waals surface area (Å²) in [7, 11) is 0. The predicted octanol–water partition coefficient (Wildman–Crippen LogP) is 4.27. The van der Waals surface area contributed by atoms with Crippen LogP contribution in [0.4, 0.5) is 0 Å². The van der Waals surface area contributed by atoms with Gasteiger partial charge in [0.05, 0.1) is 6.54 Å². The molecule has 0 unspecified atom stereocenters. The van der Waals surface area contributed by atoms with E-state index in [9.17, 15) is 4.79 Å². The van der Waals surface area contributed by atoms with Crippen LogP contribution in [0.15, 0.2) is 67.0 Å². The van der Waals surface area contributed by atoms with Crippen molar-refractivity contribution in [1.82, 2.24) is 14.7 Å². The van der Waals surface area contributed by atoms with Crippen molar-refractivity contribution in [3.05, 3.63) is 83.1 Å². The molecule has 0 atom stereocenters. The molecule has 1 amide bonds. The molecule has 4 rings (SSSR count). The molecule has 3 aromatic rings. The summed E-state index contributed by atoms with van der Waals surface area (Å²) in [5.74, 6) is 0.900. The lowest BCUT2D eigenvalue weighted by atomic mass is 10.1. The molecule has 0 aliphatic carbocycles. The highest BCUT2D eigenvalue weighted by Crippen LogP contribution is 2.22. The Kier molecular flexibility index (Phi) is 5.63. The third-order valence-electron chi connectivity index (χ3n) is 4.95. The van der Waals surface area contributed by atoms with E-state index < -0.39 is 0 Å². The normalized spacial score (nSPS) is 14.8. The maximum Gasteiger partial charge on any atom is 0.253 e. The van der Waals surface area contributed by atoms with Crippen molar-refractivity contribution in [3.63, 3.8) is 0 Å². The van der Waals surface area contributed by atoms with Gasteiger partial charge in [-0.25, -0.2) is 0 Å². The first kappa shape index (κ1) is 18.6. The molecule has 1 aliphatic heterocycles. The fourth-order valence-corrected chi connectivity index (χ4v) is 3.52. The van der Waals surface area contributed by atoms with Gasteiger partial charge in [-0.15, -0.1) is 0 Å². The van der Waals surface area contributed by atoms with E-state index in [1.54, 1.807) is 6.20 Å². The van der Waals surface area contributed by atoms with Gasteiger partial charge in [0, 0.05) is 48.9 Å². The smallest absolute Gasteiger partial charge is 0.253 e. The molecule has 6 heteroatoms. The number of likely N-dealkylation sites (tertiary alicyclic amines) is 1. The predicted molar refractivity (Wildman–Crippen MR) is 109 cm³/mol. The lowest BCUT2D eigenvalue weighted by Crippen LogP contribution is -2.41. The minimum absolute atomic E-state index is 0.0792. The number of nitrogens with zero attached hydrogens (tertiary/aromatic N) is 3. The van der Waals surface area contributed by atoms with Crippen LogP contribution in [0.5, 0.6) is 5.75 Å². The molecule has 2 heterocycles. The number of hydrogen-bond acceptors (Lipinski definition) is 3. The van der Waals surface area contributed by atoms with Crippen LogP contribution in [-0.4, -0.2) is 39.8 Å². The number of rotatable bonds is 5. The monoisotopic (exact) mass is 395 g/mol. The first-order chi connectivity index (χ1) is 13.7. The van der Waals surface area contributed by atoms with E-state index in [-0.39, 0.29) is 12.0 Å².